The number of ether oxygens (including phenoxy) is 1. The van der Waals surface area contributed by atoms with E-state index < -0.39 is 6.36 Å². The van der Waals surface area contributed by atoms with Crippen molar-refractivity contribution in [2.45, 2.75) is 31.7 Å². The maximum Gasteiger partial charge on any atom is 0.573 e. The van der Waals surface area contributed by atoms with Crippen LogP contribution in [0.5, 0.6) is 5.75 Å². The molecular weight excluding hydrogens is 285 g/mol. The number of para-hydroxylation sites is 1. The second-order valence-electron chi connectivity index (χ2n) is 4.91. The Kier molecular flexibility index (Phi) is 5.06. The van der Waals surface area contributed by atoms with Crippen molar-refractivity contribution in [3.05, 3.63) is 29.8 Å². The molecule has 1 atom stereocenters. The summed E-state index contributed by atoms with van der Waals surface area (Å²) in [6, 6.07) is 5.98. The van der Waals surface area contributed by atoms with Crippen LogP contribution in [-0.4, -0.2) is 31.4 Å². The Bertz CT molecular complexity index is 485. The maximum absolute atomic E-state index is 12.3. The van der Waals surface area contributed by atoms with E-state index in [1.807, 2.05) is 0 Å². The smallest absolute Gasteiger partial charge is 0.406 e. The summed E-state index contributed by atoms with van der Waals surface area (Å²) in [5, 5.41) is 5.98. The molecule has 1 aromatic carbocycles. The lowest BCUT2D eigenvalue weighted by Gasteiger charge is -2.14. The van der Waals surface area contributed by atoms with Crippen molar-refractivity contribution in [1.29, 1.82) is 0 Å². The highest BCUT2D eigenvalue weighted by Crippen LogP contribution is 2.26. The van der Waals surface area contributed by atoms with Crippen LogP contribution in [0.2, 0.25) is 0 Å². The maximum atomic E-state index is 12.3. The Morgan fingerprint density at radius 2 is 2.14 bits per heavy atom. The van der Waals surface area contributed by atoms with E-state index >= 15 is 0 Å². The minimum absolute atomic E-state index is 0.110. The minimum Gasteiger partial charge on any atom is -0.406 e. The molecule has 1 amide bonds. The molecule has 2 rings (SSSR count). The molecule has 21 heavy (non-hydrogen) atoms. The van der Waals surface area contributed by atoms with Gasteiger partial charge in [-0.1, -0.05) is 18.2 Å². The van der Waals surface area contributed by atoms with E-state index in [9.17, 15) is 18.0 Å². The minimum atomic E-state index is -4.73. The molecule has 1 unspecified atom stereocenters. The zero-order valence-electron chi connectivity index (χ0n) is 11.4. The highest BCUT2D eigenvalue weighted by molar-refractivity contribution is 5.76. The molecular formula is C14H17F3N2O2. The van der Waals surface area contributed by atoms with Gasteiger partial charge in [0.25, 0.3) is 0 Å². The van der Waals surface area contributed by atoms with E-state index in [1.165, 1.54) is 18.2 Å². The third kappa shape index (κ3) is 5.26. The second-order valence-corrected chi connectivity index (χ2v) is 4.91. The fourth-order valence-electron chi connectivity index (χ4n) is 2.26. The van der Waals surface area contributed by atoms with Crippen LogP contribution in [0, 0.1) is 0 Å². The Morgan fingerprint density at radius 3 is 2.81 bits per heavy atom. The van der Waals surface area contributed by atoms with Crippen molar-refractivity contribution in [3.8, 4) is 5.75 Å². The molecule has 4 nitrogen and oxygen atoms in total. The lowest BCUT2D eigenvalue weighted by Crippen LogP contribution is -2.36. The van der Waals surface area contributed by atoms with Crippen LogP contribution < -0.4 is 15.4 Å². The first-order valence-corrected chi connectivity index (χ1v) is 6.78. The average molecular weight is 302 g/mol. The number of rotatable bonds is 5. The van der Waals surface area contributed by atoms with Crippen LogP contribution in [0.25, 0.3) is 0 Å². The van der Waals surface area contributed by atoms with Gasteiger partial charge in [-0.15, -0.1) is 13.2 Å². The van der Waals surface area contributed by atoms with E-state index in [0.717, 1.165) is 19.5 Å². The van der Waals surface area contributed by atoms with Crippen LogP contribution in [0.4, 0.5) is 13.2 Å². The number of hydrogen-bond acceptors (Lipinski definition) is 3. The van der Waals surface area contributed by atoms with Gasteiger partial charge in [0.1, 0.15) is 5.75 Å². The molecule has 7 heteroatoms. The summed E-state index contributed by atoms with van der Waals surface area (Å²) >= 11 is 0. The molecule has 0 aromatic heterocycles. The molecule has 0 aliphatic carbocycles. The number of nitrogens with one attached hydrogen (secondary N) is 2. The first kappa shape index (κ1) is 15.6. The lowest BCUT2D eigenvalue weighted by molar-refractivity contribution is -0.274. The van der Waals surface area contributed by atoms with Crippen molar-refractivity contribution in [2.75, 3.05) is 13.1 Å². The van der Waals surface area contributed by atoms with Crippen LogP contribution in [-0.2, 0) is 11.2 Å². The van der Waals surface area contributed by atoms with E-state index in [4.69, 9.17) is 0 Å². The van der Waals surface area contributed by atoms with Crippen LogP contribution in [0.3, 0.4) is 0 Å². The summed E-state index contributed by atoms with van der Waals surface area (Å²) in [6.45, 7) is 1.60. The van der Waals surface area contributed by atoms with E-state index in [-0.39, 0.29) is 30.5 Å². The normalized spacial score (nSPS) is 18.5. The average Bonchev–Trinajstić information content (AvgIpc) is 2.89. The van der Waals surface area contributed by atoms with Crippen molar-refractivity contribution in [1.82, 2.24) is 10.6 Å². The molecule has 0 spiro atoms. The highest BCUT2D eigenvalue weighted by Gasteiger charge is 2.32. The summed E-state index contributed by atoms with van der Waals surface area (Å²) in [5.74, 6) is -0.411. The van der Waals surface area contributed by atoms with Gasteiger partial charge in [0.05, 0.1) is 0 Å². The Morgan fingerprint density at radius 1 is 1.38 bits per heavy atom. The topological polar surface area (TPSA) is 50.4 Å². The van der Waals surface area contributed by atoms with Gasteiger partial charge in [0.2, 0.25) is 5.91 Å². The molecule has 1 aromatic rings. The Hall–Kier alpha value is -1.76. The SMILES string of the molecule is O=C(CCc1ccccc1OC(F)(F)F)NC1CCNC1. The molecule has 1 aliphatic rings. The van der Waals surface area contributed by atoms with Gasteiger partial charge in [0.15, 0.2) is 0 Å². The van der Waals surface area contributed by atoms with Gasteiger partial charge in [0, 0.05) is 19.0 Å². The lowest BCUT2D eigenvalue weighted by atomic mass is 10.1. The molecule has 0 saturated carbocycles. The summed E-state index contributed by atoms with van der Waals surface area (Å²) in [7, 11) is 0. The summed E-state index contributed by atoms with van der Waals surface area (Å²) < 4.78 is 40.8. The third-order valence-corrected chi connectivity index (χ3v) is 3.25. The monoisotopic (exact) mass is 302 g/mol. The Balaban J connectivity index is 1.88. The number of alkyl halides is 3. The largest absolute Gasteiger partial charge is 0.573 e. The van der Waals surface area contributed by atoms with Crippen molar-refractivity contribution in [3.63, 3.8) is 0 Å². The first-order chi connectivity index (χ1) is 9.94. The predicted octanol–water partition coefficient (Wildman–Crippen LogP) is 2.00. The molecule has 0 bridgehead atoms. The summed E-state index contributed by atoms with van der Waals surface area (Å²) in [5.41, 5.74) is 0.370. The van der Waals surface area contributed by atoms with Gasteiger partial charge in [-0.05, 0) is 31.0 Å². The van der Waals surface area contributed by atoms with Crippen LogP contribution in [0.15, 0.2) is 24.3 Å². The van der Waals surface area contributed by atoms with Crippen molar-refractivity contribution in [2.24, 2.45) is 0 Å². The van der Waals surface area contributed by atoms with E-state index in [1.54, 1.807) is 6.07 Å². The fraction of sp³-hybridized carbons (Fsp3) is 0.500. The fourth-order valence-corrected chi connectivity index (χ4v) is 2.26. The number of hydrogen-bond donors (Lipinski definition) is 2. The van der Waals surface area contributed by atoms with Crippen molar-refractivity contribution < 1.29 is 22.7 Å². The first-order valence-electron chi connectivity index (χ1n) is 6.78. The number of benzene rings is 1. The Labute approximate surface area is 120 Å². The summed E-state index contributed by atoms with van der Waals surface area (Å²) in [4.78, 5) is 11.8. The summed E-state index contributed by atoms with van der Waals surface area (Å²) in [6.07, 6.45) is -3.51. The number of amides is 1. The number of halogens is 3. The quantitative estimate of drug-likeness (QED) is 0.874. The van der Waals surface area contributed by atoms with E-state index in [2.05, 4.69) is 15.4 Å². The third-order valence-electron chi connectivity index (χ3n) is 3.25. The molecule has 1 fully saturated rings. The number of carbonyl (C=O) groups is 1. The molecule has 1 aliphatic heterocycles. The molecule has 0 radical (unpaired) electrons. The number of aryl methyl sites for hydroxylation is 1. The molecule has 116 valence electrons. The van der Waals surface area contributed by atoms with E-state index in [0.29, 0.717) is 5.56 Å². The van der Waals surface area contributed by atoms with Crippen LogP contribution >= 0.6 is 0 Å². The number of carbonyl (C=O) groups excluding carboxylic acids is 1. The van der Waals surface area contributed by atoms with Gasteiger partial charge in [-0.25, -0.2) is 0 Å². The standard InChI is InChI=1S/C14H17F3N2O2/c15-14(16,17)21-12-4-2-1-3-10(12)5-6-13(20)19-11-7-8-18-9-11/h1-4,11,18H,5-9H2,(H,19,20). The molecule has 2 N–H and O–H groups in total. The van der Waals surface area contributed by atoms with Gasteiger partial charge in [-0.2, -0.15) is 0 Å². The molecule has 1 heterocycles. The highest BCUT2D eigenvalue weighted by atomic mass is 19.4. The van der Waals surface area contributed by atoms with Crippen molar-refractivity contribution >= 4 is 5.91 Å². The zero-order chi connectivity index (χ0) is 15.3. The molecule has 1 saturated heterocycles. The second kappa shape index (κ2) is 6.80. The van der Waals surface area contributed by atoms with Crippen LogP contribution in [0.1, 0.15) is 18.4 Å². The van der Waals surface area contributed by atoms with Gasteiger partial charge in [-0.3, -0.25) is 4.79 Å². The zero-order valence-corrected chi connectivity index (χ0v) is 11.4. The van der Waals surface area contributed by atoms with Gasteiger partial charge >= 0.3 is 6.36 Å². The predicted molar refractivity (Wildman–Crippen MR) is 70.9 cm³/mol. The van der Waals surface area contributed by atoms with Gasteiger partial charge < -0.3 is 15.4 Å².